The maximum absolute atomic E-state index is 12.3. The quantitative estimate of drug-likeness (QED) is 0.238. The Morgan fingerprint density at radius 3 is 1.89 bits per heavy atom. The summed E-state index contributed by atoms with van der Waals surface area (Å²) in [6, 6.07) is 3.67. The fraction of sp³-hybridized carbons (Fsp3) is 0.643. The first kappa shape index (κ1) is 32.1. The van der Waals surface area contributed by atoms with Crippen molar-refractivity contribution in [1.82, 2.24) is 5.32 Å². The van der Waals surface area contributed by atoms with E-state index in [4.69, 9.17) is 14.2 Å². The third-order valence-corrected chi connectivity index (χ3v) is 5.25. The first-order valence-electron chi connectivity index (χ1n) is 13.0. The van der Waals surface area contributed by atoms with E-state index in [9.17, 15) is 24.3 Å². The number of hydrogen-bond donors (Lipinski definition) is 2. The number of ether oxygens (including phenoxy) is 3. The highest BCUT2D eigenvalue weighted by atomic mass is 16.6. The fourth-order valence-electron chi connectivity index (χ4n) is 3.36. The summed E-state index contributed by atoms with van der Waals surface area (Å²) in [6.45, 7) is 13.4. The second-order valence-electron chi connectivity index (χ2n) is 10.7. The molecule has 1 aromatic rings. The summed E-state index contributed by atoms with van der Waals surface area (Å²) in [5.74, 6) is -1.60. The molecule has 1 rings (SSSR count). The lowest BCUT2D eigenvalue weighted by Crippen LogP contribution is -2.42. The summed E-state index contributed by atoms with van der Waals surface area (Å²) in [5.41, 5.74) is 0.567. The van der Waals surface area contributed by atoms with Crippen LogP contribution in [0.25, 0.3) is 0 Å². The van der Waals surface area contributed by atoms with Crippen LogP contribution in [0.4, 0.5) is 0 Å². The molecule has 0 saturated heterocycles. The van der Waals surface area contributed by atoms with Crippen LogP contribution in [-0.2, 0) is 30.3 Å². The number of rotatable bonds is 16. The Hall–Kier alpha value is -2.94. The number of nitrogens with one attached hydrogen (secondary N) is 1. The van der Waals surface area contributed by atoms with Gasteiger partial charge in [0.15, 0.2) is 11.5 Å². The molecule has 0 radical (unpaired) electrons. The number of carbonyl (C=O) groups is 4. The average Bonchev–Trinajstić information content (AvgIpc) is 2.75. The smallest absolute Gasteiger partial charge is 0.321 e. The lowest BCUT2D eigenvalue weighted by atomic mass is 10.0. The van der Waals surface area contributed by atoms with Gasteiger partial charge in [0.1, 0.15) is 12.1 Å². The van der Waals surface area contributed by atoms with Gasteiger partial charge in [0, 0.05) is 25.8 Å². The molecule has 0 aliphatic heterocycles. The Morgan fingerprint density at radius 1 is 0.811 bits per heavy atom. The Kier molecular flexibility index (Phi) is 13.9. The van der Waals surface area contributed by atoms with E-state index in [-0.39, 0.29) is 55.1 Å². The Bertz CT molecular complexity index is 909. The van der Waals surface area contributed by atoms with Crippen molar-refractivity contribution in [3.05, 3.63) is 23.8 Å². The molecule has 0 bridgehead atoms. The van der Waals surface area contributed by atoms with Crippen molar-refractivity contribution in [1.29, 1.82) is 0 Å². The molecular weight excluding hydrogens is 478 g/mol. The van der Waals surface area contributed by atoms with Gasteiger partial charge in [0.25, 0.3) is 0 Å². The summed E-state index contributed by atoms with van der Waals surface area (Å²) in [4.78, 5) is 48.4. The fourth-order valence-corrected chi connectivity index (χ4v) is 3.36. The number of carbonyl (C=O) groups excluding carboxylic acids is 3. The van der Waals surface area contributed by atoms with Gasteiger partial charge in [0.05, 0.1) is 0 Å². The van der Waals surface area contributed by atoms with Gasteiger partial charge in [-0.05, 0) is 55.2 Å². The molecule has 2 N–H and O–H groups in total. The van der Waals surface area contributed by atoms with Crippen molar-refractivity contribution in [2.75, 3.05) is 6.54 Å². The number of carboxylic acids is 1. The zero-order valence-corrected chi connectivity index (χ0v) is 23.2. The van der Waals surface area contributed by atoms with Crippen molar-refractivity contribution >= 4 is 23.9 Å². The molecule has 0 aliphatic carbocycles. The zero-order valence-electron chi connectivity index (χ0n) is 23.2. The molecule has 0 saturated carbocycles. The maximum atomic E-state index is 12.3. The summed E-state index contributed by atoms with van der Waals surface area (Å²) in [6.07, 6.45) is 0.985. The number of hydrogen-bond acceptors (Lipinski definition) is 8. The normalized spacial score (nSPS) is 12.9. The van der Waals surface area contributed by atoms with Gasteiger partial charge < -0.3 is 24.6 Å². The zero-order chi connectivity index (χ0) is 28.1. The molecule has 9 heteroatoms. The maximum Gasteiger partial charge on any atom is 0.321 e. The first-order valence-corrected chi connectivity index (χ1v) is 13.0. The molecule has 0 heterocycles. The van der Waals surface area contributed by atoms with Crippen LogP contribution in [0, 0.1) is 17.8 Å². The molecule has 0 aromatic heterocycles. The number of aliphatic carboxylic acids is 1. The van der Waals surface area contributed by atoms with E-state index < -0.39 is 30.1 Å². The van der Waals surface area contributed by atoms with Crippen molar-refractivity contribution < 1.29 is 38.5 Å². The Balaban J connectivity index is 2.94. The third-order valence-electron chi connectivity index (χ3n) is 5.25. The molecule has 0 amide bonds. The molecule has 9 nitrogen and oxygen atoms in total. The summed E-state index contributed by atoms with van der Waals surface area (Å²) < 4.78 is 16.3. The van der Waals surface area contributed by atoms with Gasteiger partial charge in [-0.2, -0.15) is 0 Å². The second kappa shape index (κ2) is 16.0. The minimum atomic E-state index is -1.08. The van der Waals surface area contributed by atoms with E-state index in [1.165, 1.54) is 12.1 Å². The van der Waals surface area contributed by atoms with E-state index in [0.29, 0.717) is 17.9 Å². The van der Waals surface area contributed by atoms with E-state index in [1.807, 2.05) is 41.5 Å². The van der Waals surface area contributed by atoms with Crippen LogP contribution in [0.1, 0.15) is 79.7 Å². The lowest BCUT2D eigenvalue weighted by molar-refractivity contribution is -0.148. The minimum Gasteiger partial charge on any atom is -0.480 e. The van der Waals surface area contributed by atoms with Crippen LogP contribution in [0.5, 0.6) is 11.5 Å². The molecule has 208 valence electrons. The Morgan fingerprint density at radius 2 is 1.38 bits per heavy atom. The predicted octanol–water partition coefficient (Wildman–Crippen LogP) is 4.54. The van der Waals surface area contributed by atoms with E-state index >= 15 is 0 Å². The second-order valence-corrected chi connectivity index (χ2v) is 10.7. The van der Waals surface area contributed by atoms with Gasteiger partial charge in [-0.3, -0.25) is 19.2 Å². The SMILES string of the molecule is CC(C)CCC(=O)OC(C)CN[C@@H](Cc1ccc(OC(=O)CC(C)C)c(OC(=O)CC(C)C)c1)C(=O)O. The minimum absolute atomic E-state index is 0.0665. The summed E-state index contributed by atoms with van der Waals surface area (Å²) in [5, 5.41) is 12.6. The number of benzene rings is 1. The highest BCUT2D eigenvalue weighted by Gasteiger charge is 2.22. The first-order chi connectivity index (χ1) is 17.3. The van der Waals surface area contributed by atoms with Gasteiger partial charge in [-0.15, -0.1) is 0 Å². The van der Waals surface area contributed by atoms with Gasteiger partial charge in [-0.25, -0.2) is 0 Å². The van der Waals surface area contributed by atoms with Crippen LogP contribution in [-0.4, -0.2) is 47.7 Å². The molecule has 37 heavy (non-hydrogen) atoms. The van der Waals surface area contributed by atoms with Crippen molar-refractivity contribution in [2.24, 2.45) is 17.8 Å². The van der Waals surface area contributed by atoms with Crippen LogP contribution >= 0.6 is 0 Å². The molecule has 1 aromatic carbocycles. The van der Waals surface area contributed by atoms with Gasteiger partial charge >= 0.3 is 23.9 Å². The average molecular weight is 522 g/mol. The van der Waals surface area contributed by atoms with Crippen molar-refractivity contribution in [2.45, 2.75) is 92.7 Å². The summed E-state index contributed by atoms with van der Waals surface area (Å²) >= 11 is 0. The van der Waals surface area contributed by atoms with Crippen molar-refractivity contribution in [3.63, 3.8) is 0 Å². The molecular formula is C28H43NO8. The standard InChI is InChI=1S/C28H43NO8/c1-17(2)8-11-25(30)35-20(7)16-29-22(28(33)34)14-21-9-10-23(36-26(31)12-18(3)4)24(15-21)37-27(32)13-19(5)6/h9-10,15,17-20,22,29H,8,11-14,16H2,1-7H3,(H,33,34)/t20?,22-/m0/s1. The Labute approximate surface area is 220 Å². The van der Waals surface area contributed by atoms with Crippen LogP contribution in [0.3, 0.4) is 0 Å². The molecule has 1 unspecified atom stereocenters. The van der Waals surface area contributed by atoms with E-state index in [2.05, 4.69) is 5.32 Å². The van der Waals surface area contributed by atoms with Crippen LogP contribution in [0.15, 0.2) is 18.2 Å². The number of carboxylic acid groups (broad SMARTS) is 1. The van der Waals surface area contributed by atoms with Crippen LogP contribution < -0.4 is 14.8 Å². The lowest BCUT2D eigenvalue weighted by Gasteiger charge is -2.19. The van der Waals surface area contributed by atoms with E-state index in [0.717, 1.165) is 6.42 Å². The molecule has 2 atom stereocenters. The van der Waals surface area contributed by atoms with Crippen molar-refractivity contribution in [3.8, 4) is 11.5 Å². The summed E-state index contributed by atoms with van der Waals surface area (Å²) in [7, 11) is 0. The van der Waals surface area contributed by atoms with Gasteiger partial charge in [0.2, 0.25) is 0 Å². The highest BCUT2D eigenvalue weighted by Crippen LogP contribution is 2.30. The van der Waals surface area contributed by atoms with Gasteiger partial charge in [-0.1, -0.05) is 47.6 Å². The third kappa shape index (κ3) is 13.8. The number of esters is 3. The highest BCUT2D eigenvalue weighted by molar-refractivity contribution is 5.77. The monoisotopic (exact) mass is 521 g/mol. The predicted molar refractivity (Wildman–Crippen MR) is 139 cm³/mol. The molecule has 0 fully saturated rings. The topological polar surface area (TPSA) is 128 Å². The largest absolute Gasteiger partial charge is 0.480 e. The molecule has 0 aliphatic rings. The van der Waals surface area contributed by atoms with Crippen LogP contribution in [0.2, 0.25) is 0 Å². The van der Waals surface area contributed by atoms with E-state index in [1.54, 1.807) is 13.0 Å². The molecule has 0 spiro atoms.